The van der Waals surface area contributed by atoms with Crippen molar-refractivity contribution in [1.29, 1.82) is 0 Å². The molecule has 1 atom stereocenters. The minimum absolute atomic E-state index is 0.121. The third kappa shape index (κ3) is 4.61. The first-order valence-corrected chi connectivity index (χ1v) is 7.59. The van der Waals surface area contributed by atoms with Gasteiger partial charge in [-0.05, 0) is 32.3 Å². The molecule has 0 spiro atoms. The number of hydrogen-bond acceptors (Lipinski definition) is 4. The minimum atomic E-state index is -0.470. The smallest absolute Gasteiger partial charge is 0.315 e. The summed E-state index contributed by atoms with van der Waals surface area (Å²) in [5, 5.41) is 8.23. The van der Waals surface area contributed by atoms with Crippen molar-refractivity contribution in [1.82, 2.24) is 20.9 Å². The van der Waals surface area contributed by atoms with Gasteiger partial charge in [-0.15, -0.1) is 0 Å². The zero-order chi connectivity index (χ0) is 15.8. The first-order chi connectivity index (χ1) is 10.7. The molecule has 0 bridgehead atoms. The van der Waals surface area contributed by atoms with Gasteiger partial charge in [-0.1, -0.05) is 6.07 Å². The maximum absolute atomic E-state index is 11.9. The van der Waals surface area contributed by atoms with Gasteiger partial charge >= 0.3 is 6.03 Å². The Morgan fingerprint density at radius 3 is 3.18 bits per heavy atom. The van der Waals surface area contributed by atoms with Crippen LogP contribution in [0.25, 0.3) is 0 Å². The van der Waals surface area contributed by atoms with Crippen molar-refractivity contribution >= 4 is 11.9 Å². The Morgan fingerprint density at radius 2 is 2.36 bits per heavy atom. The van der Waals surface area contributed by atoms with Gasteiger partial charge in [0.25, 0.3) is 0 Å². The molecule has 7 nitrogen and oxygen atoms in total. The van der Waals surface area contributed by atoms with Crippen LogP contribution in [-0.2, 0) is 11.3 Å². The molecule has 1 aromatic rings. The molecule has 1 aromatic heterocycles. The molecule has 3 amide bonds. The molecular weight excluding hydrogens is 284 g/mol. The Kier molecular flexibility index (Phi) is 6.00. The Morgan fingerprint density at radius 1 is 1.50 bits per heavy atom. The first kappa shape index (κ1) is 16.1. The summed E-state index contributed by atoms with van der Waals surface area (Å²) in [6.45, 7) is 3.36. The van der Waals surface area contributed by atoms with Crippen LogP contribution < -0.4 is 20.7 Å². The van der Waals surface area contributed by atoms with Crippen LogP contribution in [0, 0.1) is 0 Å². The summed E-state index contributed by atoms with van der Waals surface area (Å²) in [5.41, 5.74) is 0.796. The van der Waals surface area contributed by atoms with Gasteiger partial charge in [0, 0.05) is 24.8 Å². The molecule has 0 radical (unpaired) electrons. The lowest BCUT2D eigenvalue weighted by atomic mass is 10.1. The van der Waals surface area contributed by atoms with E-state index in [0.717, 1.165) is 18.4 Å². The fraction of sp³-hybridized carbons (Fsp3) is 0.533. The standard InChI is InChI=1S/C15H22N4O3/c1-2-22-14-11(6-5-9-17-14)10-18-15(21)19-12-7-3-4-8-16-13(12)20/h5-6,9,12H,2-4,7-8,10H2,1H3,(H,16,20)(H2,18,19,21)/t12-/m0/s1. The summed E-state index contributed by atoms with van der Waals surface area (Å²) in [4.78, 5) is 27.9. The summed E-state index contributed by atoms with van der Waals surface area (Å²) in [6.07, 6.45) is 4.17. The molecule has 0 unspecified atom stereocenters. The predicted molar refractivity (Wildman–Crippen MR) is 81.4 cm³/mol. The summed E-state index contributed by atoms with van der Waals surface area (Å²) >= 11 is 0. The number of pyridine rings is 1. The first-order valence-electron chi connectivity index (χ1n) is 7.59. The van der Waals surface area contributed by atoms with Crippen LogP contribution in [0.3, 0.4) is 0 Å². The Hall–Kier alpha value is -2.31. The van der Waals surface area contributed by atoms with Crippen molar-refractivity contribution in [2.24, 2.45) is 0 Å². The van der Waals surface area contributed by atoms with Crippen LogP contribution in [0.1, 0.15) is 31.7 Å². The van der Waals surface area contributed by atoms with Crippen LogP contribution in [-0.4, -0.2) is 36.1 Å². The minimum Gasteiger partial charge on any atom is -0.478 e. The van der Waals surface area contributed by atoms with E-state index in [1.165, 1.54) is 0 Å². The molecule has 1 aliphatic rings. The third-order valence-electron chi connectivity index (χ3n) is 3.41. The second-order valence-electron chi connectivity index (χ2n) is 5.07. The lowest BCUT2D eigenvalue weighted by molar-refractivity contribution is -0.122. The van der Waals surface area contributed by atoms with E-state index in [1.54, 1.807) is 12.3 Å². The number of carbonyl (C=O) groups is 2. The van der Waals surface area contributed by atoms with Crippen molar-refractivity contribution in [3.8, 4) is 5.88 Å². The normalized spacial score (nSPS) is 18.0. The van der Waals surface area contributed by atoms with Gasteiger partial charge in [0.1, 0.15) is 6.04 Å². The molecule has 3 N–H and O–H groups in total. The average molecular weight is 306 g/mol. The molecule has 2 heterocycles. The van der Waals surface area contributed by atoms with Crippen LogP contribution >= 0.6 is 0 Å². The van der Waals surface area contributed by atoms with Crippen LogP contribution in [0.2, 0.25) is 0 Å². The van der Waals surface area contributed by atoms with E-state index in [9.17, 15) is 9.59 Å². The summed E-state index contributed by atoms with van der Waals surface area (Å²) in [5.74, 6) is 0.390. The summed E-state index contributed by atoms with van der Waals surface area (Å²) in [6, 6.07) is 2.79. The molecule has 0 aromatic carbocycles. The molecule has 1 aliphatic heterocycles. The fourth-order valence-electron chi connectivity index (χ4n) is 2.29. The van der Waals surface area contributed by atoms with Gasteiger partial charge < -0.3 is 20.7 Å². The maximum atomic E-state index is 11.9. The Balaban J connectivity index is 1.86. The third-order valence-corrected chi connectivity index (χ3v) is 3.41. The van der Waals surface area contributed by atoms with E-state index in [2.05, 4.69) is 20.9 Å². The van der Waals surface area contributed by atoms with Crippen LogP contribution in [0.15, 0.2) is 18.3 Å². The van der Waals surface area contributed by atoms with Crippen molar-refractivity contribution < 1.29 is 14.3 Å². The fourth-order valence-corrected chi connectivity index (χ4v) is 2.29. The SMILES string of the molecule is CCOc1ncccc1CNC(=O)N[C@H]1CCCCNC1=O. The van der Waals surface area contributed by atoms with Gasteiger partial charge in [0.2, 0.25) is 11.8 Å². The predicted octanol–water partition coefficient (Wildman–Crippen LogP) is 0.948. The van der Waals surface area contributed by atoms with E-state index in [1.807, 2.05) is 13.0 Å². The van der Waals surface area contributed by atoms with E-state index in [4.69, 9.17) is 4.74 Å². The second-order valence-corrected chi connectivity index (χ2v) is 5.07. The average Bonchev–Trinajstić information content (AvgIpc) is 2.72. The van der Waals surface area contributed by atoms with Gasteiger partial charge in [0.05, 0.1) is 6.61 Å². The van der Waals surface area contributed by atoms with Crippen LogP contribution in [0.4, 0.5) is 4.79 Å². The molecule has 1 fully saturated rings. The van der Waals surface area contributed by atoms with Gasteiger partial charge in [-0.2, -0.15) is 0 Å². The number of carbonyl (C=O) groups excluding carboxylic acids is 2. The monoisotopic (exact) mass is 306 g/mol. The highest BCUT2D eigenvalue weighted by Crippen LogP contribution is 2.13. The number of aromatic nitrogens is 1. The highest BCUT2D eigenvalue weighted by atomic mass is 16.5. The molecule has 1 saturated heterocycles. The molecule has 22 heavy (non-hydrogen) atoms. The van der Waals surface area contributed by atoms with E-state index in [-0.39, 0.29) is 11.9 Å². The van der Waals surface area contributed by atoms with Crippen molar-refractivity contribution in [2.75, 3.05) is 13.2 Å². The van der Waals surface area contributed by atoms with Crippen molar-refractivity contribution in [2.45, 2.75) is 38.8 Å². The van der Waals surface area contributed by atoms with Crippen LogP contribution in [0.5, 0.6) is 5.88 Å². The highest BCUT2D eigenvalue weighted by Gasteiger charge is 2.22. The second kappa shape index (κ2) is 8.21. The van der Waals surface area contributed by atoms with Gasteiger partial charge in [-0.3, -0.25) is 4.79 Å². The zero-order valence-corrected chi connectivity index (χ0v) is 12.7. The highest BCUT2D eigenvalue weighted by molar-refractivity contribution is 5.87. The topological polar surface area (TPSA) is 92.3 Å². The number of nitrogens with one attached hydrogen (secondary N) is 3. The van der Waals surface area contributed by atoms with Gasteiger partial charge in [0.15, 0.2) is 0 Å². The molecule has 120 valence electrons. The Bertz CT molecular complexity index is 521. The van der Waals surface area contributed by atoms with E-state index in [0.29, 0.717) is 32.0 Å². The number of hydrogen-bond donors (Lipinski definition) is 3. The number of amides is 3. The molecule has 7 heteroatoms. The number of rotatable bonds is 5. The molecule has 0 saturated carbocycles. The van der Waals surface area contributed by atoms with Crippen molar-refractivity contribution in [3.63, 3.8) is 0 Å². The molecule has 2 rings (SSSR count). The van der Waals surface area contributed by atoms with E-state index < -0.39 is 6.04 Å². The van der Waals surface area contributed by atoms with E-state index >= 15 is 0 Å². The quantitative estimate of drug-likeness (QED) is 0.755. The maximum Gasteiger partial charge on any atom is 0.315 e. The zero-order valence-electron chi connectivity index (χ0n) is 12.7. The molecular formula is C15H22N4O3. The van der Waals surface area contributed by atoms with Gasteiger partial charge in [-0.25, -0.2) is 9.78 Å². The largest absolute Gasteiger partial charge is 0.478 e. The molecule has 0 aliphatic carbocycles. The van der Waals surface area contributed by atoms with Crippen molar-refractivity contribution in [3.05, 3.63) is 23.9 Å². The summed E-state index contributed by atoms with van der Waals surface area (Å²) in [7, 11) is 0. The number of ether oxygens (including phenoxy) is 1. The Labute approximate surface area is 129 Å². The lowest BCUT2D eigenvalue weighted by Crippen LogP contribution is -2.48. The number of urea groups is 1. The lowest BCUT2D eigenvalue weighted by Gasteiger charge is -2.16. The number of nitrogens with zero attached hydrogens (tertiary/aromatic N) is 1. The summed E-state index contributed by atoms with van der Waals surface area (Å²) < 4.78 is 5.41.